The van der Waals surface area contributed by atoms with Gasteiger partial charge in [0, 0.05) is 5.56 Å². The Hall–Kier alpha value is -3.67. The van der Waals surface area contributed by atoms with E-state index in [9.17, 15) is 24.9 Å². The summed E-state index contributed by atoms with van der Waals surface area (Å²) in [5.74, 6) is -3.61. The highest BCUT2D eigenvalue weighted by atomic mass is 16.3. The van der Waals surface area contributed by atoms with Crippen LogP contribution >= 0.6 is 0 Å². The third kappa shape index (κ3) is 6.00. The van der Waals surface area contributed by atoms with Crippen molar-refractivity contribution in [2.24, 2.45) is 28.1 Å². The standard InChI is InChI=1S/C38H50O6/c1-22(2)11-13-27(25(7)8)20-37-21-28(15-12-23(3)4)36(9,10)38(35(37)44,18-17-24(5)6)34(43)31(33(37)42)32(41)26-14-16-29(39)30(40)19-26/h11-12,14,16-17,19,27-28,39-41H,7,13,15,18,20-21H2,1-6,8-10H3/b32-31-/t27-,28+,37+,38-/m1/s1. The molecule has 2 aliphatic carbocycles. The van der Waals surface area contributed by atoms with Gasteiger partial charge in [-0.3, -0.25) is 14.4 Å². The van der Waals surface area contributed by atoms with Crippen molar-refractivity contribution in [2.75, 3.05) is 0 Å². The summed E-state index contributed by atoms with van der Waals surface area (Å²) in [4.78, 5) is 44.9. The molecule has 0 amide bonds. The maximum absolute atomic E-state index is 15.2. The van der Waals surface area contributed by atoms with Crippen molar-refractivity contribution in [3.8, 4) is 11.5 Å². The summed E-state index contributed by atoms with van der Waals surface area (Å²) in [5.41, 5.74) is -0.453. The minimum atomic E-state index is -1.62. The zero-order chi connectivity index (χ0) is 33.4. The third-order valence-corrected chi connectivity index (χ3v) is 10.0. The molecule has 1 aromatic carbocycles. The van der Waals surface area contributed by atoms with Crippen molar-refractivity contribution in [2.45, 2.75) is 94.4 Å². The van der Waals surface area contributed by atoms with Crippen LogP contribution in [0.3, 0.4) is 0 Å². The number of rotatable bonds is 10. The third-order valence-electron chi connectivity index (χ3n) is 10.0. The Morgan fingerprint density at radius 1 is 0.909 bits per heavy atom. The first-order valence-electron chi connectivity index (χ1n) is 15.5. The lowest BCUT2D eigenvalue weighted by atomic mass is 9.38. The molecule has 1 aromatic rings. The number of Topliss-reactive ketones (excluding diaryl/α,β-unsaturated/α-hetero) is 3. The highest BCUT2D eigenvalue weighted by Crippen LogP contribution is 2.66. The van der Waals surface area contributed by atoms with Gasteiger partial charge in [0.2, 0.25) is 0 Å². The Morgan fingerprint density at radius 3 is 2.02 bits per heavy atom. The van der Waals surface area contributed by atoms with Gasteiger partial charge in [0.15, 0.2) is 28.8 Å². The van der Waals surface area contributed by atoms with Crippen LogP contribution in [0, 0.1) is 28.1 Å². The zero-order valence-corrected chi connectivity index (χ0v) is 27.9. The molecular formula is C38H50O6. The molecule has 44 heavy (non-hydrogen) atoms. The molecule has 0 unspecified atom stereocenters. The minimum absolute atomic E-state index is 0.0110. The monoisotopic (exact) mass is 602 g/mol. The predicted octanol–water partition coefficient (Wildman–Crippen LogP) is 8.76. The Bertz CT molecular complexity index is 1490. The Kier molecular flexibility index (Phi) is 10.1. The van der Waals surface area contributed by atoms with Crippen LogP contribution in [-0.4, -0.2) is 32.7 Å². The smallest absolute Gasteiger partial charge is 0.184 e. The molecule has 2 bridgehead atoms. The summed E-state index contributed by atoms with van der Waals surface area (Å²) >= 11 is 0. The number of carbonyl (C=O) groups is 3. The molecule has 0 heterocycles. The van der Waals surface area contributed by atoms with E-state index in [1.807, 2.05) is 68.4 Å². The first-order chi connectivity index (χ1) is 20.3. The molecule has 6 nitrogen and oxygen atoms in total. The van der Waals surface area contributed by atoms with Crippen molar-refractivity contribution >= 4 is 23.1 Å². The van der Waals surface area contributed by atoms with Crippen LogP contribution in [0.25, 0.3) is 5.76 Å². The molecule has 6 heteroatoms. The molecule has 3 rings (SSSR count). The summed E-state index contributed by atoms with van der Waals surface area (Å²) < 4.78 is 0. The number of aliphatic hydroxyl groups is 1. The lowest BCUT2D eigenvalue weighted by Crippen LogP contribution is -2.69. The fraction of sp³-hybridized carbons (Fsp3) is 0.500. The summed E-state index contributed by atoms with van der Waals surface area (Å²) in [7, 11) is 0. The molecule has 0 aromatic heterocycles. The van der Waals surface area contributed by atoms with Crippen LogP contribution in [0.15, 0.2) is 70.9 Å². The van der Waals surface area contributed by atoms with Crippen LogP contribution in [-0.2, 0) is 14.4 Å². The molecule has 238 valence electrons. The molecule has 0 aliphatic heterocycles. The molecule has 2 saturated carbocycles. The number of hydrogen-bond acceptors (Lipinski definition) is 6. The fourth-order valence-electron chi connectivity index (χ4n) is 7.08. The quantitative estimate of drug-likeness (QED) is 0.0616. The largest absolute Gasteiger partial charge is 0.506 e. The summed E-state index contributed by atoms with van der Waals surface area (Å²) in [6, 6.07) is 3.65. The van der Waals surface area contributed by atoms with Gasteiger partial charge in [0.25, 0.3) is 0 Å². The van der Waals surface area contributed by atoms with Crippen molar-refractivity contribution in [1.29, 1.82) is 0 Å². The average molecular weight is 603 g/mol. The first-order valence-corrected chi connectivity index (χ1v) is 15.5. The van der Waals surface area contributed by atoms with Gasteiger partial charge in [-0.1, -0.05) is 60.9 Å². The van der Waals surface area contributed by atoms with Crippen molar-refractivity contribution in [1.82, 2.24) is 0 Å². The lowest BCUT2D eigenvalue weighted by molar-refractivity contribution is -0.177. The maximum atomic E-state index is 15.2. The number of phenols is 2. The van der Waals surface area contributed by atoms with Crippen LogP contribution < -0.4 is 0 Å². The Labute approximate surface area is 263 Å². The molecule has 2 aliphatic rings. The minimum Gasteiger partial charge on any atom is -0.506 e. The van der Waals surface area contributed by atoms with E-state index in [0.717, 1.165) is 28.4 Å². The summed E-state index contributed by atoms with van der Waals surface area (Å²) in [6.07, 6.45) is 7.79. The van der Waals surface area contributed by atoms with Crippen LogP contribution in [0.2, 0.25) is 0 Å². The van der Waals surface area contributed by atoms with E-state index >= 15 is 4.79 Å². The van der Waals surface area contributed by atoms with E-state index in [1.54, 1.807) is 0 Å². The molecule has 4 atom stereocenters. The summed E-state index contributed by atoms with van der Waals surface area (Å²) in [5, 5.41) is 31.7. The maximum Gasteiger partial charge on any atom is 0.184 e. The number of allylic oxidation sites excluding steroid dienone is 8. The van der Waals surface area contributed by atoms with E-state index in [-0.39, 0.29) is 42.4 Å². The molecule has 0 saturated heterocycles. The van der Waals surface area contributed by atoms with Gasteiger partial charge in [-0.2, -0.15) is 0 Å². The molecule has 3 N–H and O–H groups in total. The topological polar surface area (TPSA) is 112 Å². The van der Waals surface area contributed by atoms with E-state index < -0.39 is 50.6 Å². The van der Waals surface area contributed by atoms with Gasteiger partial charge >= 0.3 is 0 Å². The number of aromatic hydroxyl groups is 2. The fourth-order valence-corrected chi connectivity index (χ4v) is 7.08. The van der Waals surface area contributed by atoms with Gasteiger partial charge < -0.3 is 15.3 Å². The van der Waals surface area contributed by atoms with Gasteiger partial charge in [-0.05, 0) is 116 Å². The highest BCUT2D eigenvalue weighted by molar-refractivity contribution is 6.41. The number of benzene rings is 1. The number of aliphatic hydroxyl groups excluding tert-OH is 1. The number of phenolic OH excluding ortho intramolecular Hbond substituents is 2. The number of carbonyl (C=O) groups excluding carboxylic acids is 3. The number of ketones is 3. The lowest BCUT2D eigenvalue weighted by Gasteiger charge is -2.60. The number of fused-ring (bicyclic) bond motifs is 2. The van der Waals surface area contributed by atoms with Crippen molar-refractivity contribution in [3.63, 3.8) is 0 Å². The van der Waals surface area contributed by atoms with Gasteiger partial charge in [-0.15, -0.1) is 0 Å². The van der Waals surface area contributed by atoms with Gasteiger partial charge in [-0.25, -0.2) is 0 Å². The second kappa shape index (κ2) is 12.7. The Balaban J connectivity index is 2.47. The van der Waals surface area contributed by atoms with Crippen LogP contribution in [0.1, 0.15) is 100.0 Å². The van der Waals surface area contributed by atoms with Crippen LogP contribution in [0.5, 0.6) is 11.5 Å². The van der Waals surface area contributed by atoms with Crippen LogP contribution in [0.4, 0.5) is 0 Å². The second-order valence-electron chi connectivity index (χ2n) is 14.3. The summed E-state index contributed by atoms with van der Waals surface area (Å²) in [6.45, 7) is 21.9. The van der Waals surface area contributed by atoms with Crippen molar-refractivity contribution < 1.29 is 29.7 Å². The molecule has 0 spiro atoms. The second-order valence-corrected chi connectivity index (χ2v) is 14.3. The Morgan fingerprint density at radius 2 is 1.50 bits per heavy atom. The van der Waals surface area contributed by atoms with E-state index in [4.69, 9.17) is 0 Å². The highest BCUT2D eigenvalue weighted by Gasteiger charge is 2.74. The molecular weight excluding hydrogens is 552 g/mol. The van der Waals surface area contributed by atoms with Gasteiger partial charge in [0.1, 0.15) is 16.7 Å². The zero-order valence-electron chi connectivity index (χ0n) is 27.9. The van der Waals surface area contributed by atoms with Crippen molar-refractivity contribution in [3.05, 3.63) is 76.4 Å². The normalized spacial score (nSPS) is 26.0. The van der Waals surface area contributed by atoms with E-state index in [2.05, 4.69) is 18.7 Å². The number of hydrogen-bond donors (Lipinski definition) is 3. The SMILES string of the molecule is C=C(C)[C@H](CC=C(C)C)C[C@]12C[C@H](CC=C(C)C)C(C)(C)[C@](CC=C(C)C)(C(=O)/C(=C(\O)c3ccc(O)c(O)c3)C1=O)C2=O. The van der Waals surface area contributed by atoms with E-state index in [0.29, 0.717) is 12.8 Å². The van der Waals surface area contributed by atoms with Gasteiger partial charge in [0.05, 0.1) is 5.41 Å². The predicted molar refractivity (Wildman–Crippen MR) is 176 cm³/mol. The van der Waals surface area contributed by atoms with E-state index in [1.165, 1.54) is 12.1 Å². The molecule has 2 fully saturated rings. The molecule has 0 radical (unpaired) electrons. The average Bonchev–Trinajstić information content (AvgIpc) is 2.91. The first kappa shape index (κ1) is 34.8.